The van der Waals surface area contributed by atoms with Gasteiger partial charge in [0.2, 0.25) is 11.8 Å². The van der Waals surface area contributed by atoms with E-state index >= 15 is 0 Å². The van der Waals surface area contributed by atoms with Gasteiger partial charge in [0.05, 0.1) is 11.3 Å². The Morgan fingerprint density at radius 1 is 0.897 bits per heavy atom. The molecule has 9 nitrogen and oxygen atoms in total. The van der Waals surface area contributed by atoms with Gasteiger partial charge < -0.3 is 14.2 Å². The van der Waals surface area contributed by atoms with Crippen molar-refractivity contribution in [3.8, 4) is 23.0 Å². The fourth-order valence-electron chi connectivity index (χ4n) is 5.58. The Bertz CT molecular complexity index is 1480. The number of benzene rings is 1. The predicted molar refractivity (Wildman–Crippen MR) is 144 cm³/mol. The summed E-state index contributed by atoms with van der Waals surface area (Å²) in [5, 5.41) is 8.57. The molecule has 0 unspecified atom stereocenters. The van der Waals surface area contributed by atoms with E-state index in [1.807, 2.05) is 19.1 Å². The van der Waals surface area contributed by atoms with Gasteiger partial charge in [-0.25, -0.2) is 27.2 Å². The Morgan fingerprint density at radius 3 is 2.23 bits per heavy atom. The van der Waals surface area contributed by atoms with Crippen LogP contribution >= 0.6 is 0 Å². The molecule has 0 atom stereocenters. The van der Waals surface area contributed by atoms with E-state index in [0.717, 1.165) is 37.2 Å². The smallest absolute Gasteiger partial charge is 0.266 e. The third-order valence-electron chi connectivity index (χ3n) is 8.11. The fraction of sp³-hybridized carbons (Fsp3) is 0.556. The van der Waals surface area contributed by atoms with Gasteiger partial charge in [-0.15, -0.1) is 10.2 Å². The van der Waals surface area contributed by atoms with Gasteiger partial charge in [0.1, 0.15) is 5.69 Å². The van der Waals surface area contributed by atoms with Gasteiger partial charge in [-0.05, 0) is 61.8 Å². The van der Waals surface area contributed by atoms with E-state index in [4.69, 9.17) is 4.42 Å². The molecule has 2 aliphatic heterocycles. The molecule has 2 saturated heterocycles. The predicted octanol–water partition coefficient (Wildman–Crippen LogP) is 4.66. The standard InChI is InChI=1S/C27H32F2N6O3S/c1-18-15-21(31-25(30-18)35-13-9-27(28,29)10-14-35)24-33-32-23(38-24)20-4-3-19(17-39(2,36)37)16-22(20)34-11-7-26(5-6-26)8-12-34/h3-4,15-16H,5-14,17H2,1-2H3. The van der Waals surface area contributed by atoms with Crippen molar-refractivity contribution in [2.24, 2.45) is 5.41 Å². The van der Waals surface area contributed by atoms with Gasteiger partial charge in [0.15, 0.2) is 9.84 Å². The van der Waals surface area contributed by atoms with E-state index < -0.39 is 15.8 Å². The minimum atomic E-state index is -3.20. The maximum Gasteiger partial charge on any atom is 0.266 e. The van der Waals surface area contributed by atoms with Crippen LogP contribution in [-0.2, 0) is 15.6 Å². The van der Waals surface area contributed by atoms with Gasteiger partial charge in [0, 0.05) is 56.7 Å². The van der Waals surface area contributed by atoms with Crippen molar-refractivity contribution in [2.75, 3.05) is 42.2 Å². The van der Waals surface area contributed by atoms with Crippen LogP contribution in [0.2, 0.25) is 0 Å². The first-order valence-electron chi connectivity index (χ1n) is 13.4. The van der Waals surface area contributed by atoms with E-state index in [-0.39, 0.29) is 37.6 Å². The molecule has 0 N–H and O–H groups in total. The summed E-state index contributed by atoms with van der Waals surface area (Å²) in [4.78, 5) is 13.1. The average Bonchev–Trinajstić information content (AvgIpc) is 3.43. The molecule has 0 bridgehead atoms. The van der Waals surface area contributed by atoms with Crippen molar-refractivity contribution in [1.29, 1.82) is 0 Å². The molecule has 4 heterocycles. The molecule has 3 fully saturated rings. The summed E-state index contributed by atoms with van der Waals surface area (Å²) in [5.41, 5.74) is 3.92. The number of hydrogen-bond acceptors (Lipinski definition) is 9. The molecule has 3 aromatic rings. The van der Waals surface area contributed by atoms with E-state index in [0.29, 0.717) is 34.2 Å². The summed E-state index contributed by atoms with van der Waals surface area (Å²) >= 11 is 0. The van der Waals surface area contributed by atoms with Crippen molar-refractivity contribution in [1.82, 2.24) is 20.2 Å². The molecular formula is C27H32F2N6O3S. The lowest BCUT2D eigenvalue weighted by atomic mass is 9.93. The lowest BCUT2D eigenvalue weighted by molar-refractivity contribution is -0.0222. The van der Waals surface area contributed by atoms with E-state index in [1.54, 1.807) is 17.0 Å². The van der Waals surface area contributed by atoms with Gasteiger partial charge in [-0.1, -0.05) is 6.07 Å². The molecule has 1 aromatic carbocycles. The number of aryl methyl sites for hydroxylation is 1. The Kier molecular flexibility index (Phi) is 6.35. The number of sulfone groups is 1. The van der Waals surface area contributed by atoms with Gasteiger partial charge in [-0.3, -0.25) is 0 Å². The lowest BCUT2D eigenvalue weighted by Gasteiger charge is -2.35. The van der Waals surface area contributed by atoms with Crippen molar-refractivity contribution in [2.45, 2.75) is 57.1 Å². The van der Waals surface area contributed by atoms with Crippen LogP contribution in [0.5, 0.6) is 0 Å². The number of rotatable bonds is 6. The van der Waals surface area contributed by atoms with Crippen molar-refractivity contribution in [3.05, 3.63) is 35.5 Å². The molecule has 1 spiro atoms. The molecule has 3 aliphatic rings. The topological polar surface area (TPSA) is 105 Å². The third kappa shape index (κ3) is 5.75. The first-order valence-corrected chi connectivity index (χ1v) is 15.4. The maximum absolute atomic E-state index is 13.7. The highest BCUT2D eigenvalue weighted by Gasteiger charge is 2.44. The second-order valence-corrected chi connectivity index (χ2v) is 13.5. The summed E-state index contributed by atoms with van der Waals surface area (Å²) < 4.78 is 57.4. The summed E-state index contributed by atoms with van der Waals surface area (Å²) in [6.45, 7) is 3.93. The molecule has 208 valence electrons. The highest BCUT2D eigenvalue weighted by molar-refractivity contribution is 7.89. The van der Waals surface area contributed by atoms with Crippen LogP contribution < -0.4 is 9.80 Å². The second-order valence-electron chi connectivity index (χ2n) is 11.4. The SMILES string of the molecule is Cc1cc(-c2nnc(-c3ccc(CS(C)(=O)=O)cc3N3CCC4(CC3)CC4)o2)nc(N2CCC(F)(F)CC2)n1. The van der Waals surface area contributed by atoms with Gasteiger partial charge in [-0.2, -0.15) is 0 Å². The second kappa shape index (κ2) is 9.50. The number of alkyl halides is 2. The molecule has 1 aliphatic carbocycles. The molecular weight excluding hydrogens is 526 g/mol. The Hall–Kier alpha value is -3.15. The van der Waals surface area contributed by atoms with Crippen LogP contribution in [0.3, 0.4) is 0 Å². The molecule has 0 radical (unpaired) electrons. The molecule has 39 heavy (non-hydrogen) atoms. The van der Waals surface area contributed by atoms with Crippen LogP contribution in [0, 0.1) is 12.3 Å². The van der Waals surface area contributed by atoms with E-state index in [2.05, 4.69) is 25.1 Å². The monoisotopic (exact) mass is 558 g/mol. The van der Waals surface area contributed by atoms with Crippen LogP contribution in [-0.4, -0.2) is 66.9 Å². The number of hydrogen-bond donors (Lipinski definition) is 0. The minimum Gasteiger partial charge on any atom is -0.415 e. The average molecular weight is 559 g/mol. The minimum absolute atomic E-state index is 0.0431. The summed E-state index contributed by atoms with van der Waals surface area (Å²) in [6, 6.07) is 7.29. The third-order valence-corrected chi connectivity index (χ3v) is 8.97. The summed E-state index contributed by atoms with van der Waals surface area (Å²) in [5.74, 6) is -1.81. The number of aromatic nitrogens is 4. The molecule has 6 rings (SSSR count). The molecule has 12 heteroatoms. The first-order chi connectivity index (χ1) is 18.5. The molecule has 1 saturated carbocycles. The highest BCUT2D eigenvalue weighted by atomic mass is 32.2. The molecule has 2 aromatic heterocycles. The van der Waals surface area contributed by atoms with Gasteiger partial charge in [0.25, 0.3) is 11.8 Å². The van der Waals surface area contributed by atoms with Crippen LogP contribution in [0.15, 0.2) is 28.7 Å². The number of anilines is 2. The Morgan fingerprint density at radius 2 is 1.56 bits per heavy atom. The molecule has 0 amide bonds. The largest absolute Gasteiger partial charge is 0.415 e. The summed E-state index contributed by atoms with van der Waals surface area (Å²) in [7, 11) is -3.20. The maximum atomic E-state index is 13.7. The summed E-state index contributed by atoms with van der Waals surface area (Å²) in [6.07, 6.45) is 5.56. The number of halogens is 2. The van der Waals surface area contributed by atoms with Gasteiger partial charge >= 0.3 is 0 Å². The highest BCUT2D eigenvalue weighted by Crippen LogP contribution is 2.54. The zero-order valence-electron chi connectivity index (χ0n) is 22.2. The Balaban J connectivity index is 1.31. The van der Waals surface area contributed by atoms with Crippen LogP contribution in [0.1, 0.15) is 49.8 Å². The zero-order valence-corrected chi connectivity index (χ0v) is 23.0. The first kappa shape index (κ1) is 26.1. The quantitative estimate of drug-likeness (QED) is 0.427. The van der Waals surface area contributed by atoms with Crippen molar-refractivity contribution in [3.63, 3.8) is 0 Å². The van der Waals surface area contributed by atoms with E-state index in [9.17, 15) is 17.2 Å². The zero-order chi connectivity index (χ0) is 27.4. The fourth-order valence-corrected chi connectivity index (χ4v) is 6.37. The Labute approximate surface area is 226 Å². The van der Waals surface area contributed by atoms with E-state index in [1.165, 1.54) is 19.1 Å². The van der Waals surface area contributed by atoms with Crippen LogP contribution in [0.25, 0.3) is 23.0 Å². The number of piperidine rings is 2. The van der Waals surface area contributed by atoms with Crippen molar-refractivity contribution < 1.29 is 21.6 Å². The lowest BCUT2D eigenvalue weighted by Crippen LogP contribution is -2.40. The number of nitrogens with zero attached hydrogens (tertiary/aromatic N) is 6. The van der Waals surface area contributed by atoms with Crippen molar-refractivity contribution >= 4 is 21.5 Å². The normalized spacial score (nSPS) is 20.4. The van der Waals surface area contributed by atoms with Crippen LogP contribution in [0.4, 0.5) is 20.4 Å².